The largest absolute Gasteiger partial charge is 0.490 e. The van der Waals surface area contributed by atoms with Crippen molar-refractivity contribution in [3.05, 3.63) is 65.0 Å². The van der Waals surface area contributed by atoms with Crippen LogP contribution in [0.2, 0.25) is 0 Å². The fourth-order valence-electron chi connectivity index (χ4n) is 2.33. The summed E-state index contributed by atoms with van der Waals surface area (Å²) in [6.45, 7) is 2.00. The number of fused-ring (bicyclic) bond motifs is 1. The van der Waals surface area contributed by atoms with Gasteiger partial charge in [0.05, 0.1) is 0 Å². The van der Waals surface area contributed by atoms with Crippen molar-refractivity contribution in [1.82, 2.24) is 0 Å². The van der Waals surface area contributed by atoms with E-state index in [9.17, 15) is 9.18 Å². The van der Waals surface area contributed by atoms with Crippen LogP contribution in [-0.4, -0.2) is 11.9 Å². The second kappa shape index (κ2) is 4.50. The smallest absolute Gasteiger partial charge is 0.193 e. The van der Waals surface area contributed by atoms with Crippen LogP contribution in [-0.2, 0) is 6.42 Å². The van der Waals surface area contributed by atoms with Crippen LogP contribution >= 0.6 is 0 Å². The molecular weight excluding hydrogens is 243 g/mol. The Morgan fingerprint density at radius 3 is 2.58 bits per heavy atom. The SMILES string of the molecule is CC1Cc2cc(C(=O)c3ccc(F)cc3)ccc2O1. The van der Waals surface area contributed by atoms with Gasteiger partial charge in [0.2, 0.25) is 0 Å². The number of ketones is 1. The molecule has 2 nitrogen and oxygen atoms in total. The Labute approximate surface area is 110 Å². The van der Waals surface area contributed by atoms with E-state index in [1.54, 1.807) is 6.07 Å². The minimum absolute atomic E-state index is 0.0950. The van der Waals surface area contributed by atoms with Gasteiger partial charge in [-0.2, -0.15) is 0 Å². The predicted molar refractivity (Wildman–Crippen MR) is 70.1 cm³/mol. The highest BCUT2D eigenvalue weighted by Crippen LogP contribution is 2.30. The van der Waals surface area contributed by atoms with Crippen molar-refractivity contribution < 1.29 is 13.9 Å². The van der Waals surface area contributed by atoms with Crippen LogP contribution in [0.4, 0.5) is 4.39 Å². The van der Waals surface area contributed by atoms with Gasteiger partial charge in [0.15, 0.2) is 5.78 Å². The highest BCUT2D eigenvalue weighted by Gasteiger charge is 2.20. The molecule has 0 bridgehead atoms. The maximum absolute atomic E-state index is 12.8. The zero-order valence-electron chi connectivity index (χ0n) is 10.5. The number of carbonyl (C=O) groups excluding carboxylic acids is 1. The normalized spacial score (nSPS) is 16.8. The number of benzene rings is 2. The van der Waals surface area contributed by atoms with Gasteiger partial charge in [-0.3, -0.25) is 4.79 Å². The van der Waals surface area contributed by atoms with Gasteiger partial charge in [-0.15, -0.1) is 0 Å². The third kappa shape index (κ3) is 2.24. The van der Waals surface area contributed by atoms with Crippen molar-refractivity contribution >= 4 is 5.78 Å². The Morgan fingerprint density at radius 1 is 1.16 bits per heavy atom. The summed E-state index contributed by atoms with van der Waals surface area (Å²) in [6.07, 6.45) is 0.978. The summed E-state index contributed by atoms with van der Waals surface area (Å²) in [6, 6.07) is 11.0. The molecule has 0 radical (unpaired) electrons. The van der Waals surface area contributed by atoms with Crippen molar-refractivity contribution in [2.45, 2.75) is 19.4 Å². The van der Waals surface area contributed by atoms with E-state index in [1.807, 2.05) is 19.1 Å². The van der Waals surface area contributed by atoms with Crippen molar-refractivity contribution in [2.75, 3.05) is 0 Å². The lowest BCUT2D eigenvalue weighted by Gasteiger charge is -2.04. The van der Waals surface area contributed by atoms with E-state index in [0.29, 0.717) is 11.1 Å². The minimum atomic E-state index is -0.340. The molecule has 0 aromatic heterocycles. The minimum Gasteiger partial charge on any atom is -0.490 e. The second-order valence-electron chi connectivity index (χ2n) is 4.79. The summed E-state index contributed by atoms with van der Waals surface area (Å²) in [4.78, 5) is 12.3. The molecule has 0 saturated heterocycles. The fourth-order valence-corrected chi connectivity index (χ4v) is 2.33. The van der Waals surface area contributed by atoms with Crippen molar-refractivity contribution in [3.8, 4) is 5.75 Å². The van der Waals surface area contributed by atoms with Crippen LogP contribution in [0.3, 0.4) is 0 Å². The van der Waals surface area contributed by atoms with Crippen LogP contribution < -0.4 is 4.74 Å². The molecule has 1 aliphatic heterocycles. The van der Waals surface area contributed by atoms with E-state index in [4.69, 9.17) is 4.74 Å². The Balaban J connectivity index is 1.93. The number of halogens is 1. The molecule has 0 spiro atoms. The maximum atomic E-state index is 12.8. The summed E-state index contributed by atoms with van der Waals surface area (Å²) in [5.74, 6) is 0.415. The van der Waals surface area contributed by atoms with Crippen molar-refractivity contribution in [3.63, 3.8) is 0 Å². The molecule has 2 aromatic carbocycles. The molecule has 0 saturated carbocycles. The molecule has 0 fully saturated rings. The Kier molecular flexibility index (Phi) is 2.82. The van der Waals surface area contributed by atoms with Crippen molar-refractivity contribution in [2.24, 2.45) is 0 Å². The fraction of sp³-hybridized carbons (Fsp3) is 0.188. The quantitative estimate of drug-likeness (QED) is 0.770. The highest BCUT2D eigenvalue weighted by atomic mass is 19.1. The molecular formula is C16H13FO2. The lowest BCUT2D eigenvalue weighted by atomic mass is 10.00. The number of ether oxygens (including phenoxy) is 1. The molecule has 3 heteroatoms. The van der Waals surface area contributed by atoms with Gasteiger partial charge in [-0.05, 0) is 55.0 Å². The monoisotopic (exact) mass is 256 g/mol. The van der Waals surface area contributed by atoms with Gasteiger partial charge in [0, 0.05) is 17.5 Å². The van der Waals surface area contributed by atoms with E-state index >= 15 is 0 Å². The van der Waals surface area contributed by atoms with Gasteiger partial charge in [0.1, 0.15) is 17.7 Å². The summed E-state index contributed by atoms with van der Waals surface area (Å²) < 4.78 is 18.4. The van der Waals surface area contributed by atoms with Gasteiger partial charge >= 0.3 is 0 Å². The van der Waals surface area contributed by atoms with Crippen molar-refractivity contribution in [1.29, 1.82) is 0 Å². The molecule has 1 unspecified atom stereocenters. The van der Waals surface area contributed by atoms with E-state index in [1.165, 1.54) is 24.3 Å². The first-order valence-corrected chi connectivity index (χ1v) is 6.23. The molecule has 3 rings (SSSR count). The zero-order valence-corrected chi connectivity index (χ0v) is 10.5. The standard InChI is InChI=1S/C16H13FO2/c1-10-8-13-9-12(4-7-15(13)19-10)16(18)11-2-5-14(17)6-3-11/h2-7,9-10H,8H2,1H3. The Hall–Kier alpha value is -2.16. The molecule has 0 amide bonds. The lowest BCUT2D eigenvalue weighted by Crippen LogP contribution is -2.05. The molecule has 19 heavy (non-hydrogen) atoms. The molecule has 1 atom stereocenters. The maximum Gasteiger partial charge on any atom is 0.193 e. The topological polar surface area (TPSA) is 26.3 Å². The highest BCUT2D eigenvalue weighted by molar-refractivity contribution is 6.09. The lowest BCUT2D eigenvalue weighted by molar-refractivity contribution is 0.103. The average molecular weight is 256 g/mol. The van der Waals surface area contributed by atoms with Gasteiger partial charge < -0.3 is 4.74 Å². The van der Waals surface area contributed by atoms with E-state index in [-0.39, 0.29) is 17.7 Å². The number of rotatable bonds is 2. The third-order valence-electron chi connectivity index (χ3n) is 3.26. The zero-order chi connectivity index (χ0) is 13.4. The molecule has 1 aliphatic rings. The first kappa shape index (κ1) is 11.9. The first-order valence-electron chi connectivity index (χ1n) is 6.23. The number of hydrogen-bond donors (Lipinski definition) is 0. The van der Waals surface area contributed by atoms with E-state index in [2.05, 4.69) is 0 Å². The van der Waals surface area contributed by atoms with Crippen LogP contribution in [0, 0.1) is 5.82 Å². The van der Waals surface area contributed by atoms with Gasteiger partial charge in [0.25, 0.3) is 0 Å². The average Bonchev–Trinajstić information content (AvgIpc) is 2.77. The summed E-state index contributed by atoms with van der Waals surface area (Å²) in [7, 11) is 0. The first-order chi connectivity index (χ1) is 9.13. The third-order valence-corrected chi connectivity index (χ3v) is 3.26. The summed E-state index contributed by atoms with van der Waals surface area (Å²) in [5.41, 5.74) is 2.16. The van der Waals surface area contributed by atoms with Gasteiger partial charge in [-0.25, -0.2) is 4.39 Å². The van der Waals surface area contributed by atoms with Crippen LogP contribution in [0.15, 0.2) is 42.5 Å². The number of carbonyl (C=O) groups is 1. The van der Waals surface area contributed by atoms with Crippen LogP contribution in [0.5, 0.6) is 5.75 Å². The van der Waals surface area contributed by atoms with Gasteiger partial charge in [-0.1, -0.05) is 0 Å². The molecule has 0 N–H and O–H groups in total. The van der Waals surface area contributed by atoms with Crippen LogP contribution in [0.1, 0.15) is 28.4 Å². The summed E-state index contributed by atoms with van der Waals surface area (Å²) >= 11 is 0. The summed E-state index contributed by atoms with van der Waals surface area (Å²) in [5, 5.41) is 0. The molecule has 0 aliphatic carbocycles. The molecule has 96 valence electrons. The molecule has 2 aromatic rings. The Morgan fingerprint density at radius 2 is 1.84 bits per heavy atom. The van der Waals surface area contributed by atoms with Crippen LogP contribution in [0.25, 0.3) is 0 Å². The molecule has 1 heterocycles. The second-order valence-corrected chi connectivity index (χ2v) is 4.79. The Bertz CT molecular complexity index is 632. The van der Waals surface area contributed by atoms with E-state index in [0.717, 1.165) is 17.7 Å². The number of hydrogen-bond acceptors (Lipinski definition) is 2. The van der Waals surface area contributed by atoms with E-state index < -0.39 is 0 Å². The predicted octanol–water partition coefficient (Wildman–Crippen LogP) is 3.38.